The molecule has 0 fully saturated rings. The molecule has 0 aliphatic carbocycles. The van der Waals surface area contributed by atoms with Crippen molar-refractivity contribution < 1.29 is 9.53 Å². The van der Waals surface area contributed by atoms with Crippen molar-refractivity contribution in [3.05, 3.63) is 66.2 Å². The average Bonchev–Trinajstić information content (AvgIpc) is 3.12. The molecular weight excluding hydrogens is 384 g/mol. The quantitative estimate of drug-likeness (QED) is 0.316. The third-order valence-corrected chi connectivity index (χ3v) is 5.71. The number of aryl methyl sites for hydroxylation is 1. The molecule has 156 valence electrons. The first-order valence-corrected chi connectivity index (χ1v) is 10.8. The van der Waals surface area contributed by atoms with Crippen LogP contribution in [-0.4, -0.2) is 17.1 Å². The predicted molar refractivity (Wildman–Crippen MR) is 126 cm³/mol. The van der Waals surface area contributed by atoms with E-state index in [0.29, 0.717) is 5.75 Å². The minimum Gasteiger partial charge on any atom is -0.479 e. The van der Waals surface area contributed by atoms with Crippen molar-refractivity contribution in [3.63, 3.8) is 0 Å². The maximum Gasteiger partial charge on any atom is 0.228 e. The van der Waals surface area contributed by atoms with Crippen LogP contribution in [0.1, 0.15) is 43.5 Å². The molecule has 0 aliphatic heterocycles. The highest BCUT2D eigenvalue weighted by molar-refractivity contribution is 6.02. The van der Waals surface area contributed by atoms with E-state index in [4.69, 9.17) is 10.00 Å². The van der Waals surface area contributed by atoms with Gasteiger partial charge in [0.15, 0.2) is 6.61 Å². The number of benzene rings is 3. The molecule has 4 rings (SSSR count). The van der Waals surface area contributed by atoms with Crippen molar-refractivity contribution in [2.75, 3.05) is 6.61 Å². The van der Waals surface area contributed by atoms with Crippen LogP contribution in [0.2, 0.25) is 0 Å². The van der Waals surface area contributed by atoms with E-state index in [0.717, 1.165) is 52.2 Å². The van der Waals surface area contributed by atoms with Gasteiger partial charge in [0, 0.05) is 12.3 Å². The van der Waals surface area contributed by atoms with Crippen LogP contribution in [0.15, 0.2) is 60.7 Å². The molecule has 0 saturated carbocycles. The summed E-state index contributed by atoms with van der Waals surface area (Å²) >= 11 is 0. The van der Waals surface area contributed by atoms with Gasteiger partial charge in [-0.25, -0.2) is 0 Å². The van der Waals surface area contributed by atoms with Crippen LogP contribution < -0.4 is 4.74 Å². The Labute approximate surface area is 182 Å². The van der Waals surface area contributed by atoms with Gasteiger partial charge < -0.3 is 4.74 Å². The molecule has 1 heterocycles. The molecule has 0 bridgehead atoms. The lowest BCUT2D eigenvalue weighted by molar-refractivity contribution is 0.0943. The number of nitriles is 1. The molecule has 0 amide bonds. The van der Waals surface area contributed by atoms with E-state index in [9.17, 15) is 4.79 Å². The predicted octanol–water partition coefficient (Wildman–Crippen LogP) is 6.76. The van der Waals surface area contributed by atoms with Crippen LogP contribution in [0.4, 0.5) is 0 Å². The zero-order valence-corrected chi connectivity index (χ0v) is 18.0. The summed E-state index contributed by atoms with van der Waals surface area (Å²) < 4.78 is 7.30. The average molecular weight is 411 g/mol. The van der Waals surface area contributed by atoms with Gasteiger partial charge in [-0.15, -0.1) is 0 Å². The van der Waals surface area contributed by atoms with Gasteiger partial charge in [0.25, 0.3) is 0 Å². The summed E-state index contributed by atoms with van der Waals surface area (Å²) in [5, 5.41) is 12.0. The third kappa shape index (κ3) is 4.04. The molecule has 4 heteroatoms. The van der Waals surface area contributed by atoms with Crippen molar-refractivity contribution in [2.45, 2.75) is 39.5 Å². The number of para-hydroxylation sites is 1. The van der Waals surface area contributed by atoms with E-state index in [-0.39, 0.29) is 12.5 Å². The van der Waals surface area contributed by atoms with Gasteiger partial charge in [-0.05, 0) is 59.0 Å². The molecule has 1 aromatic heterocycles. The van der Waals surface area contributed by atoms with E-state index in [1.54, 1.807) is 6.92 Å². The number of aromatic nitrogens is 1. The highest BCUT2D eigenvalue weighted by Gasteiger charge is 2.20. The molecule has 0 aliphatic rings. The Morgan fingerprint density at radius 1 is 1.03 bits per heavy atom. The molecule has 0 spiro atoms. The second kappa shape index (κ2) is 9.06. The molecular formula is C27H26N2O2. The van der Waals surface area contributed by atoms with Crippen LogP contribution >= 0.6 is 0 Å². The van der Waals surface area contributed by atoms with Gasteiger partial charge >= 0.3 is 0 Å². The lowest BCUT2D eigenvalue weighted by Crippen LogP contribution is -2.07. The number of hydrogen-bond acceptors (Lipinski definition) is 3. The number of fused-ring (bicyclic) bond motifs is 2. The van der Waals surface area contributed by atoms with Crippen molar-refractivity contribution >= 4 is 27.6 Å². The first kappa shape index (κ1) is 20.7. The number of hydrogen-bond donors (Lipinski definition) is 0. The Morgan fingerprint density at radius 3 is 2.58 bits per heavy atom. The van der Waals surface area contributed by atoms with Crippen molar-refractivity contribution in [1.29, 1.82) is 5.26 Å². The smallest absolute Gasteiger partial charge is 0.228 e. The number of rotatable bonds is 7. The van der Waals surface area contributed by atoms with E-state index in [1.165, 1.54) is 12.0 Å². The van der Waals surface area contributed by atoms with Crippen LogP contribution in [0.3, 0.4) is 0 Å². The minimum atomic E-state index is 0.0216. The zero-order valence-electron chi connectivity index (χ0n) is 18.0. The standard InChI is InChI=1S/C27H26N2O2/c1-3-4-5-9-25-24-8-6-7-10-26(24)29(19(2)30)27(25)22-12-11-21-18-23(31-16-15-28)14-13-20(21)17-22/h6-8,10-14,17-18H,3-5,9,16H2,1-2H3. The molecule has 4 aromatic rings. The van der Waals surface area contributed by atoms with Crippen LogP contribution in [0.25, 0.3) is 32.9 Å². The molecule has 0 saturated heterocycles. The van der Waals surface area contributed by atoms with Gasteiger partial charge in [0.05, 0.1) is 11.2 Å². The zero-order chi connectivity index (χ0) is 21.8. The topological polar surface area (TPSA) is 55.0 Å². The first-order valence-electron chi connectivity index (χ1n) is 10.8. The molecule has 4 nitrogen and oxygen atoms in total. The number of carbonyl (C=O) groups excluding carboxylic acids is 1. The fourth-order valence-corrected chi connectivity index (χ4v) is 4.32. The van der Waals surface area contributed by atoms with Crippen molar-refractivity contribution in [3.8, 4) is 23.1 Å². The van der Waals surface area contributed by atoms with Crippen LogP contribution in [0.5, 0.6) is 5.75 Å². The summed E-state index contributed by atoms with van der Waals surface area (Å²) in [5.74, 6) is 0.702. The Kier molecular flexibility index (Phi) is 6.04. The van der Waals surface area contributed by atoms with Crippen LogP contribution in [-0.2, 0) is 6.42 Å². The van der Waals surface area contributed by atoms with E-state index in [2.05, 4.69) is 31.2 Å². The summed E-state index contributed by atoms with van der Waals surface area (Å²) in [5.41, 5.74) is 4.25. The van der Waals surface area contributed by atoms with Crippen molar-refractivity contribution in [1.82, 2.24) is 4.57 Å². The Morgan fingerprint density at radius 2 is 1.81 bits per heavy atom. The van der Waals surface area contributed by atoms with E-state index in [1.807, 2.05) is 47.0 Å². The molecule has 0 unspecified atom stereocenters. The SMILES string of the molecule is CCCCCc1c(-c2ccc3cc(OCC#N)ccc3c2)n(C(C)=O)c2ccccc12. The van der Waals surface area contributed by atoms with E-state index < -0.39 is 0 Å². The highest BCUT2D eigenvalue weighted by atomic mass is 16.5. The number of ether oxygens (including phenoxy) is 1. The second-order valence-corrected chi connectivity index (χ2v) is 7.83. The summed E-state index contributed by atoms with van der Waals surface area (Å²) in [7, 11) is 0. The monoisotopic (exact) mass is 410 g/mol. The van der Waals surface area contributed by atoms with Crippen molar-refractivity contribution in [2.24, 2.45) is 0 Å². The minimum absolute atomic E-state index is 0.0216. The van der Waals surface area contributed by atoms with Crippen LogP contribution in [0, 0.1) is 11.3 Å². The summed E-state index contributed by atoms with van der Waals surface area (Å²) in [6.07, 6.45) is 4.38. The summed E-state index contributed by atoms with van der Waals surface area (Å²) in [4.78, 5) is 12.7. The van der Waals surface area contributed by atoms with Gasteiger partial charge in [-0.1, -0.05) is 56.2 Å². The normalized spacial score (nSPS) is 11.0. The number of carbonyl (C=O) groups is 1. The molecule has 0 atom stereocenters. The maximum absolute atomic E-state index is 12.7. The third-order valence-electron chi connectivity index (χ3n) is 5.71. The fraction of sp³-hybridized carbons (Fsp3) is 0.259. The lowest BCUT2D eigenvalue weighted by atomic mass is 9.98. The number of nitrogens with zero attached hydrogens (tertiary/aromatic N) is 2. The Bertz CT molecular complexity index is 1290. The summed E-state index contributed by atoms with van der Waals surface area (Å²) in [6, 6.07) is 22.3. The fourth-order valence-electron chi connectivity index (χ4n) is 4.32. The van der Waals surface area contributed by atoms with Gasteiger partial charge in [0.1, 0.15) is 11.8 Å². The summed E-state index contributed by atoms with van der Waals surface area (Å²) in [6.45, 7) is 3.87. The van der Waals surface area contributed by atoms with Gasteiger partial charge in [-0.2, -0.15) is 5.26 Å². The first-order chi connectivity index (χ1) is 15.1. The molecule has 3 aromatic carbocycles. The Balaban J connectivity index is 1.88. The van der Waals surface area contributed by atoms with Gasteiger partial charge in [0.2, 0.25) is 5.91 Å². The Hall–Kier alpha value is -3.58. The largest absolute Gasteiger partial charge is 0.479 e. The van der Waals surface area contributed by atoms with Gasteiger partial charge in [-0.3, -0.25) is 9.36 Å². The highest BCUT2D eigenvalue weighted by Crippen LogP contribution is 2.36. The van der Waals surface area contributed by atoms with E-state index >= 15 is 0 Å². The molecule has 0 N–H and O–H groups in total. The lowest BCUT2D eigenvalue weighted by Gasteiger charge is -2.12. The second-order valence-electron chi connectivity index (χ2n) is 7.83. The molecule has 31 heavy (non-hydrogen) atoms. The number of unbranched alkanes of at least 4 members (excludes halogenated alkanes) is 2. The maximum atomic E-state index is 12.7. The molecule has 0 radical (unpaired) electrons.